The molecule has 0 radical (unpaired) electrons. The first-order valence-electron chi connectivity index (χ1n) is 12.9. The molecule has 1 heterocycles. The van der Waals surface area contributed by atoms with E-state index in [9.17, 15) is 13.2 Å². The molecule has 0 saturated heterocycles. The minimum atomic E-state index is -3.86. The number of hydrogen-bond donors (Lipinski definition) is 2. The summed E-state index contributed by atoms with van der Waals surface area (Å²) in [7, 11) is -3.86. The summed E-state index contributed by atoms with van der Waals surface area (Å²) in [5.74, 6) is -0.165. The molecule has 0 atom stereocenters. The van der Waals surface area contributed by atoms with E-state index in [-0.39, 0.29) is 10.7 Å². The molecule has 5 aromatic carbocycles. The van der Waals surface area contributed by atoms with Crippen LogP contribution in [0.1, 0.15) is 21.5 Å². The van der Waals surface area contributed by atoms with Crippen LogP contribution in [0.25, 0.3) is 21.8 Å². The van der Waals surface area contributed by atoms with Crippen LogP contribution in [0.2, 0.25) is 5.02 Å². The Morgan fingerprint density at radius 1 is 0.707 bits per heavy atom. The molecule has 1 aromatic heterocycles. The largest absolute Gasteiger partial charge is 0.354 e. The van der Waals surface area contributed by atoms with Crippen molar-refractivity contribution in [2.75, 3.05) is 10.0 Å². The topological polar surface area (TPSA) is 88.2 Å². The van der Waals surface area contributed by atoms with Crippen LogP contribution in [-0.4, -0.2) is 19.2 Å². The number of ketones is 1. The number of halogens is 1. The smallest absolute Gasteiger partial charge is 0.261 e. The molecule has 0 saturated carbocycles. The quantitative estimate of drug-likeness (QED) is 0.148. The van der Waals surface area contributed by atoms with E-state index in [1.807, 2.05) is 61.5 Å². The fourth-order valence-electron chi connectivity index (χ4n) is 4.64. The van der Waals surface area contributed by atoms with Gasteiger partial charge in [0.05, 0.1) is 21.6 Å². The van der Waals surface area contributed by atoms with Crippen molar-refractivity contribution in [1.29, 1.82) is 0 Å². The third kappa shape index (κ3) is 5.50. The minimum absolute atomic E-state index is 0.0618. The normalized spacial score (nSPS) is 11.5. The summed E-state index contributed by atoms with van der Waals surface area (Å²) in [6, 6.07) is 33.6. The molecule has 0 amide bonds. The molecule has 6 rings (SSSR count). The van der Waals surface area contributed by atoms with Gasteiger partial charge < -0.3 is 5.32 Å². The van der Waals surface area contributed by atoms with Crippen molar-refractivity contribution < 1.29 is 13.2 Å². The monoisotopic (exact) mass is 577 g/mol. The number of aryl methyl sites for hydroxylation is 1. The van der Waals surface area contributed by atoms with E-state index in [1.165, 1.54) is 24.3 Å². The Morgan fingerprint density at radius 3 is 2.02 bits per heavy atom. The number of hydrogen-bond acceptors (Lipinski definition) is 5. The van der Waals surface area contributed by atoms with Gasteiger partial charge in [-0.25, -0.2) is 13.4 Å². The van der Waals surface area contributed by atoms with E-state index < -0.39 is 10.0 Å². The van der Waals surface area contributed by atoms with Crippen molar-refractivity contribution in [3.8, 4) is 0 Å². The number of benzene rings is 5. The lowest BCUT2D eigenvalue weighted by molar-refractivity contribution is 0.103. The van der Waals surface area contributed by atoms with Crippen LogP contribution in [0.5, 0.6) is 0 Å². The summed E-state index contributed by atoms with van der Waals surface area (Å²) >= 11 is 6.30. The number of aromatic nitrogens is 1. The average Bonchev–Trinajstić information content (AvgIpc) is 2.98. The van der Waals surface area contributed by atoms with Gasteiger partial charge in [-0.15, -0.1) is 0 Å². The van der Waals surface area contributed by atoms with Gasteiger partial charge in [-0.05, 0) is 79.7 Å². The first-order chi connectivity index (χ1) is 19.8. The SMILES string of the molecule is Cc1ccc(C(=O)c2ccc(S(=O)(=O)Nc3ccc(Nc4c5ccccc5nc5ccc(Cl)cc45)cc3)cc2)cc1. The Bertz CT molecular complexity index is 2020. The lowest BCUT2D eigenvalue weighted by atomic mass is 10.0. The van der Waals surface area contributed by atoms with Crippen molar-refractivity contribution in [1.82, 2.24) is 4.98 Å². The predicted octanol–water partition coefficient (Wildman–Crippen LogP) is 8.13. The maximum absolute atomic E-state index is 13.1. The van der Waals surface area contributed by atoms with Crippen LogP contribution in [-0.2, 0) is 10.0 Å². The fraction of sp³-hybridized carbons (Fsp3) is 0.0303. The number of para-hydroxylation sites is 1. The number of nitrogens with one attached hydrogen (secondary N) is 2. The first kappa shape index (κ1) is 26.5. The van der Waals surface area contributed by atoms with Gasteiger partial charge in [-0.3, -0.25) is 9.52 Å². The zero-order chi connectivity index (χ0) is 28.6. The van der Waals surface area contributed by atoms with Crippen LogP contribution < -0.4 is 10.0 Å². The van der Waals surface area contributed by atoms with Crippen molar-refractivity contribution in [2.45, 2.75) is 11.8 Å². The maximum atomic E-state index is 13.1. The van der Waals surface area contributed by atoms with E-state index in [1.54, 1.807) is 36.4 Å². The molecule has 0 unspecified atom stereocenters. The number of nitrogens with zero attached hydrogens (tertiary/aromatic N) is 1. The molecule has 0 aliphatic heterocycles. The van der Waals surface area contributed by atoms with Gasteiger partial charge >= 0.3 is 0 Å². The summed E-state index contributed by atoms with van der Waals surface area (Å²) in [4.78, 5) is 17.6. The van der Waals surface area contributed by atoms with Crippen LogP contribution in [0, 0.1) is 6.92 Å². The second kappa shape index (κ2) is 10.7. The molecule has 0 aliphatic rings. The summed E-state index contributed by atoms with van der Waals surface area (Å²) < 4.78 is 28.7. The van der Waals surface area contributed by atoms with Gasteiger partial charge in [0.1, 0.15) is 0 Å². The molecule has 6 nitrogen and oxygen atoms in total. The third-order valence-corrected chi connectivity index (χ3v) is 8.42. The van der Waals surface area contributed by atoms with Gasteiger partial charge in [0.25, 0.3) is 10.0 Å². The number of pyridine rings is 1. The average molecular weight is 578 g/mol. The van der Waals surface area contributed by atoms with Crippen molar-refractivity contribution in [3.63, 3.8) is 0 Å². The van der Waals surface area contributed by atoms with Crippen LogP contribution in [0.15, 0.2) is 120 Å². The van der Waals surface area contributed by atoms with Crippen molar-refractivity contribution in [2.24, 2.45) is 0 Å². The number of anilines is 3. The molecule has 0 aliphatic carbocycles. The highest BCUT2D eigenvalue weighted by atomic mass is 35.5. The van der Waals surface area contributed by atoms with E-state index in [0.29, 0.717) is 21.8 Å². The molecule has 2 N–H and O–H groups in total. The number of sulfonamides is 1. The van der Waals surface area contributed by atoms with Gasteiger partial charge in [0, 0.05) is 38.3 Å². The van der Waals surface area contributed by atoms with Gasteiger partial charge in [0.15, 0.2) is 5.78 Å². The van der Waals surface area contributed by atoms with Gasteiger partial charge in [0.2, 0.25) is 0 Å². The Hall–Kier alpha value is -4.72. The van der Waals surface area contributed by atoms with E-state index in [4.69, 9.17) is 16.6 Å². The van der Waals surface area contributed by atoms with Crippen LogP contribution in [0.4, 0.5) is 17.1 Å². The third-order valence-electron chi connectivity index (χ3n) is 6.79. The summed E-state index contributed by atoms with van der Waals surface area (Å²) in [5.41, 5.74) is 5.72. The molecule has 0 bridgehead atoms. The van der Waals surface area contributed by atoms with Gasteiger partial charge in [-0.2, -0.15) is 0 Å². The molecule has 6 aromatic rings. The summed E-state index contributed by atoms with van der Waals surface area (Å²) in [6.07, 6.45) is 0. The second-order valence-electron chi connectivity index (χ2n) is 9.69. The number of carbonyl (C=O) groups is 1. The van der Waals surface area contributed by atoms with Crippen LogP contribution >= 0.6 is 11.6 Å². The predicted molar refractivity (Wildman–Crippen MR) is 166 cm³/mol. The molecule has 41 heavy (non-hydrogen) atoms. The van der Waals surface area contributed by atoms with Crippen molar-refractivity contribution in [3.05, 3.63) is 137 Å². The number of fused-ring (bicyclic) bond motifs is 2. The van der Waals surface area contributed by atoms with E-state index >= 15 is 0 Å². The lowest BCUT2D eigenvalue weighted by Gasteiger charge is -2.14. The standard InChI is InChI=1S/C33H24ClN3O3S/c1-21-6-8-22(9-7-21)33(38)23-10-17-27(18-11-23)41(39,40)37-26-15-13-25(14-16-26)35-32-28-4-2-3-5-30(28)36-31-19-12-24(34)20-29(31)32/h2-20,37H,1H3,(H,35,36). The first-order valence-corrected chi connectivity index (χ1v) is 14.7. The summed E-state index contributed by atoms with van der Waals surface area (Å²) in [6.45, 7) is 1.95. The van der Waals surface area contributed by atoms with E-state index in [0.717, 1.165) is 38.7 Å². The summed E-state index contributed by atoms with van der Waals surface area (Å²) in [5, 5.41) is 5.89. The zero-order valence-electron chi connectivity index (χ0n) is 21.9. The Labute approximate surface area is 242 Å². The minimum Gasteiger partial charge on any atom is -0.354 e. The molecule has 0 spiro atoms. The highest BCUT2D eigenvalue weighted by Gasteiger charge is 2.17. The zero-order valence-corrected chi connectivity index (χ0v) is 23.5. The molecule has 8 heteroatoms. The molecule has 202 valence electrons. The lowest BCUT2D eigenvalue weighted by Crippen LogP contribution is -2.13. The highest BCUT2D eigenvalue weighted by molar-refractivity contribution is 7.92. The van der Waals surface area contributed by atoms with Gasteiger partial charge in [-0.1, -0.05) is 59.6 Å². The second-order valence-corrected chi connectivity index (χ2v) is 11.8. The highest BCUT2D eigenvalue weighted by Crippen LogP contribution is 2.34. The number of carbonyl (C=O) groups excluding carboxylic acids is 1. The fourth-order valence-corrected chi connectivity index (χ4v) is 5.87. The Morgan fingerprint density at radius 2 is 1.32 bits per heavy atom. The molecular weight excluding hydrogens is 554 g/mol. The van der Waals surface area contributed by atoms with Crippen molar-refractivity contribution >= 4 is 66.3 Å². The van der Waals surface area contributed by atoms with Crippen LogP contribution in [0.3, 0.4) is 0 Å². The number of rotatable bonds is 7. The molecular formula is C33H24ClN3O3S. The maximum Gasteiger partial charge on any atom is 0.261 e. The Kier molecular flexibility index (Phi) is 6.91. The van der Waals surface area contributed by atoms with E-state index in [2.05, 4.69) is 10.0 Å². The molecule has 0 fully saturated rings. The Balaban J connectivity index is 1.22.